The Hall–Kier alpha value is -1.89. The summed E-state index contributed by atoms with van der Waals surface area (Å²) in [6.07, 6.45) is 2.90. The van der Waals surface area contributed by atoms with Crippen LogP contribution in [0, 0.1) is 12.8 Å². The number of carboxylic acid groups (broad SMARTS) is 1. The molecule has 7 heteroatoms. The molecule has 7 nitrogen and oxygen atoms in total. The molecule has 1 saturated carbocycles. The van der Waals surface area contributed by atoms with Gasteiger partial charge in [-0.15, -0.1) is 0 Å². The van der Waals surface area contributed by atoms with Crippen LogP contribution >= 0.6 is 0 Å². The van der Waals surface area contributed by atoms with Crippen molar-refractivity contribution in [2.45, 2.75) is 38.6 Å². The van der Waals surface area contributed by atoms with Crippen LogP contribution in [0.2, 0.25) is 0 Å². The number of nitrogens with one attached hydrogen (secondary N) is 2. The summed E-state index contributed by atoms with van der Waals surface area (Å²) in [5, 5.41) is 18.4. The second kappa shape index (κ2) is 6.51. The van der Waals surface area contributed by atoms with Gasteiger partial charge in [-0.1, -0.05) is 5.16 Å². The molecule has 1 aromatic rings. The number of aliphatic carboxylic acids is 1. The van der Waals surface area contributed by atoms with E-state index in [-0.39, 0.29) is 24.4 Å². The van der Waals surface area contributed by atoms with Crippen molar-refractivity contribution in [2.75, 3.05) is 11.9 Å². The van der Waals surface area contributed by atoms with Gasteiger partial charge in [-0.3, -0.25) is 9.59 Å². The number of carbonyl (C=O) groups is 2. The van der Waals surface area contributed by atoms with E-state index in [0.717, 1.165) is 12.8 Å². The van der Waals surface area contributed by atoms with Crippen molar-refractivity contribution in [1.82, 2.24) is 10.5 Å². The summed E-state index contributed by atoms with van der Waals surface area (Å²) >= 11 is 0. The zero-order valence-corrected chi connectivity index (χ0v) is 11.4. The largest absolute Gasteiger partial charge is 0.481 e. The lowest BCUT2D eigenvalue weighted by atomic mass is 9.86. The van der Waals surface area contributed by atoms with E-state index in [2.05, 4.69) is 15.8 Å². The standard InChI is InChI=1S/C13H19N3O4/c1-8-6-11(16-20-8)15-12(17)7-14-10-4-2-9(3-5-10)13(18)19/h6,9-10,14H,2-5,7H2,1H3,(H,18,19)(H,15,16,17). The third-order valence-corrected chi connectivity index (χ3v) is 3.52. The van der Waals surface area contributed by atoms with Gasteiger partial charge in [-0.25, -0.2) is 0 Å². The maximum atomic E-state index is 11.7. The van der Waals surface area contributed by atoms with Gasteiger partial charge in [0.2, 0.25) is 5.91 Å². The summed E-state index contributed by atoms with van der Waals surface area (Å²) in [7, 11) is 0. The summed E-state index contributed by atoms with van der Waals surface area (Å²) < 4.78 is 4.85. The van der Waals surface area contributed by atoms with Crippen LogP contribution < -0.4 is 10.6 Å². The van der Waals surface area contributed by atoms with E-state index in [9.17, 15) is 9.59 Å². The van der Waals surface area contributed by atoms with Crippen LogP contribution in [-0.4, -0.2) is 34.7 Å². The van der Waals surface area contributed by atoms with Crippen LogP contribution in [0.3, 0.4) is 0 Å². The van der Waals surface area contributed by atoms with Gasteiger partial charge in [-0.2, -0.15) is 0 Å². The lowest BCUT2D eigenvalue weighted by molar-refractivity contribution is -0.143. The first-order valence-corrected chi connectivity index (χ1v) is 6.74. The smallest absolute Gasteiger partial charge is 0.306 e. The normalized spacial score (nSPS) is 22.4. The molecule has 0 aliphatic heterocycles. The number of nitrogens with zero attached hydrogens (tertiary/aromatic N) is 1. The molecule has 1 heterocycles. The number of amides is 1. The molecule has 1 fully saturated rings. The molecule has 20 heavy (non-hydrogen) atoms. The Morgan fingerprint density at radius 1 is 1.40 bits per heavy atom. The highest BCUT2D eigenvalue weighted by Crippen LogP contribution is 2.24. The first-order chi connectivity index (χ1) is 9.54. The van der Waals surface area contributed by atoms with Crippen molar-refractivity contribution in [3.63, 3.8) is 0 Å². The zero-order chi connectivity index (χ0) is 14.5. The van der Waals surface area contributed by atoms with Crippen LogP contribution in [0.25, 0.3) is 0 Å². The van der Waals surface area contributed by atoms with Gasteiger partial charge in [0.25, 0.3) is 0 Å². The fourth-order valence-electron chi connectivity index (χ4n) is 2.39. The summed E-state index contributed by atoms with van der Waals surface area (Å²) in [4.78, 5) is 22.5. The molecule has 0 bridgehead atoms. The lowest BCUT2D eigenvalue weighted by Crippen LogP contribution is -2.39. The van der Waals surface area contributed by atoms with Crippen LogP contribution in [0.5, 0.6) is 0 Å². The third kappa shape index (κ3) is 4.06. The van der Waals surface area contributed by atoms with Gasteiger partial charge in [0.15, 0.2) is 5.82 Å². The quantitative estimate of drug-likeness (QED) is 0.748. The molecule has 1 aliphatic carbocycles. The first kappa shape index (κ1) is 14.5. The Labute approximate surface area is 116 Å². The van der Waals surface area contributed by atoms with E-state index in [4.69, 9.17) is 9.63 Å². The minimum Gasteiger partial charge on any atom is -0.481 e. The van der Waals surface area contributed by atoms with Crippen molar-refractivity contribution < 1.29 is 19.2 Å². The van der Waals surface area contributed by atoms with Crippen molar-refractivity contribution in [2.24, 2.45) is 5.92 Å². The fraction of sp³-hybridized carbons (Fsp3) is 0.615. The highest BCUT2D eigenvalue weighted by atomic mass is 16.5. The number of carboxylic acids is 1. The van der Waals surface area contributed by atoms with Gasteiger partial charge in [0.05, 0.1) is 12.5 Å². The second-order valence-corrected chi connectivity index (χ2v) is 5.14. The summed E-state index contributed by atoms with van der Waals surface area (Å²) in [6.45, 7) is 1.94. The van der Waals surface area contributed by atoms with E-state index in [1.54, 1.807) is 13.0 Å². The number of carbonyl (C=O) groups excluding carboxylic acids is 1. The van der Waals surface area contributed by atoms with E-state index in [0.29, 0.717) is 24.4 Å². The van der Waals surface area contributed by atoms with Gasteiger partial charge in [-0.05, 0) is 32.6 Å². The summed E-state index contributed by atoms with van der Waals surface area (Å²) in [5.41, 5.74) is 0. The van der Waals surface area contributed by atoms with Gasteiger partial charge in [0.1, 0.15) is 5.76 Å². The van der Waals surface area contributed by atoms with Gasteiger partial charge < -0.3 is 20.3 Å². The number of anilines is 1. The Bertz CT molecular complexity index is 478. The van der Waals surface area contributed by atoms with Crippen LogP contribution in [-0.2, 0) is 9.59 Å². The lowest BCUT2D eigenvalue weighted by Gasteiger charge is -2.26. The van der Waals surface area contributed by atoms with E-state index in [1.807, 2.05) is 0 Å². The molecule has 0 saturated heterocycles. The maximum absolute atomic E-state index is 11.7. The predicted octanol–water partition coefficient (Wildman–Crippen LogP) is 1.15. The molecule has 0 unspecified atom stereocenters. The molecule has 0 radical (unpaired) electrons. The molecule has 3 N–H and O–H groups in total. The summed E-state index contributed by atoms with van der Waals surface area (Å²) in [6, 6.07) is 1.85. The van der Waals surface area contributed by atoms with Crippen molar-refractivity contribution >= 4 is 17.7 Å². The minimum atomic E-state index is -0.720. The Morgan fingerprint density at radius 3 is 2.65 bits per heavy atom. The minimum absolute atomic E-state index is 0.182. The molecule has 0 aromatic carbocycles. The predicted molar refractivity (Wildman–Crippen MR) is 71.3 cm³/mol. The van der Waals surface area contributed by atoms with Crippen molar-refractivity contribution in [3.05, 3.63) is 11.8 Å². The molecule has 1 amide bonds. The molecular formula is C13H19N3O4. The Morgan fingerprint density at radius 2 is 2.10 bits per heavy atom. The zero-order valence-electron chi connectivity index (χ0n) is 11.4. The molecule has 1 aliphatic rings. The van der Waals surface area contributed by atoms with Gasteiger partial charge in [0, 0.05) is 12.1 Å². The maximum Gasteiger partial charge on any atom is 0.306 e. The van der Waals surface area contributed by atoms with Crippen molar-refractivity contribution in [3.8, 4) is 0 Å². The average molecular weight is 281 g/mol. The highest BCUT2D eigenvalue weighted by molar-refractivity contribution is 5.91. The first-order valence-electron chi connectivity index (χ1n) is 6.74. The molecule has 1 aromatic heterocycles. The molecule has 0 atom stereocenters. The van der Waals surface area contributed by atoms with Crippen LogP contribution in [0.15, 0.2) is 10.6 Å². The molecule has 2 rings (SSSR count). The number of aryl methyl sites for hydroxylation is 1. The number of hydrogen-bond acceptors (Lipinski definition) is 5. The van der Waals surface area contributed by atoms with E-state index in [1.165, 1.54) is 0 Å². The fourth-order valence-corrected chi connectivity index (χ4v) is 2.39. The van der Waals surface area contributed by atoms with Crippen LogP contribution in [0.4, 0.5) is 5.82 Å². The van der Waals surface area contributed by atoms with Crippen molar-refractivity contribution in [1.29, 1.82) is 0 Å². The molecule has 110 valence electrons. The molecular weight excluding hydrogens is 262 g/mol. The second-order valence-electron chi connectivity index (χ2n) is 5.14. The molecule has 0 spiro atoms. The number of rotatable bonds is 5. The summed E-state index contributed by atoms with van der Waals surface area (Å²) in [5.74, 6) is -0.0922. The van der Waals surface area contributed by atoms with Crippen LogP contribution in [0.1, 0.15) is 31.4 Å². The SMILES string of the molecule is Cc1cc(NC(=O)CNC2CCC(C(=O)O)CC2)no1. The Balaban J connectivity index is 1.68. The number of hydrogen-bond donors (Lipinski definition) is 3. The Kier molecular flexibility index (Phi) is 4.73. The third-order valence-electron chi connectivity index (χ3n) is 3.52. The number of aromatic nitrogens is 1. The average Bonchev–Trinajstić information content (AvgIpc) is 2.82. The monoisotopic (exact) mass is 281 g/mol. The van der Waals surface area contributed by atoms with Gasteiger partial charge >= 0.3 is 5.97 Å². The topological polar surface area (TPSA) is 104 Å². The highest BCUT2D eigenvalue weighted by Gasteiger charge is 2.25. The van der Waals surface area contributed by atoms with E-state index >= 15 is 0 Å². The van der Waals surface area contributed by atoms with E-state index < -0.39 is 5.97 Å².